The molecule has 0 aromatic heterocycles. The van der Waals surface area contributed by atoms with E-state index in [0.29, 0.717) is 11.8 Å². The first-order valence-electron chi connectivity index (χ1n) is 18.4. The zero-order valence-corrected chi connectivity index (χ0v) is 36.1. The zero-order valence-electron chi connectivity index (χ0n) is 31.1. The maximum atomic E-state index is 4.93. The second-order valence-electron chi connectivity index (χ2n) is 13.9. The monoisotopic (exact) mass is 794 g/mol. The van der Waals surface area contributed by atoms with E-state index in [-0.39, 0.29) is 0 Å². The van der Waals surface area contributed by atoms with E-state index in [9.17, 15) is 0 Å². The van der Waals surface area contributed by atoms with Crippen LogP contribution in [0.4, 0.5) is 0 Å². The Labute approximate surface area is 324 Å². The molecule has 2 radical (unpaired) electrons. The van der Waals surface area contributed by atoms with E-state index in [4.69, 9.17) is 17.0 Å². The molecule has 0 saturated heterocycles. The fraction of sp³-hybridized carbons (Fsp3) is 0.348. The van der Waals surface area contributed by atoms with Crippen LogP contribution in [-0.4, -0.2) is 9.52 Å². The molecule has 4 heteroatoms. The first-order valence-corrected chi connectivity index (χ1v) is 26.7. The molecule has 6 aromatic rings. The second-order valence-corrected chi connectivity index (χ2v) is 18.6. The summed E-state index contributed by atoms with van der Waals surface area (Å²) in [6, 6.07) is 41.1. The summed E-state index contributed by atoms with van der Waals surface area (Å²) >= 11 is -0.826. The minimum atomic E-state index is -0.826. The summed E-state index contributed by atoms with van der Waals surface area (Å²) in [7, 11) is 11.0. The van der Waals surface area contributed by atoms with Gasteiger partial charge in [-0.15, -0.1) is 69.1 Å². The molecule has 1 saturated carbocycles. The molecule has 260 valence electrons. The molecule has 0 amide bonds. The van der Waals surface area contributed by atoms with Crippen LogP contribution in [0.3, 0.4) is 0 Å². The van der Waals surface area contributed by atoms with Crippen molar-refractivity contribution in [2.45, 2.75) is 104 Å². The molecule has 0 heterocycles. The Morgan fingerprint density at radius 3 is 1.66 bits per heavy atom. The Bertz CT molecular complexity index is 1860. The maximum absolute atomic E-state index is 4.93. The predicted octanol–water partition coefficient (Wildman–Crippen LogP) is 15.5. The van der Waals surface area contributed by atoms with Gasteiger partial charge in [0, 0.05) is 9.52 Å². The van der Waals surface area contributed by atoms with Crippen LogP contribution in [0.25, 0.3) is 43.8 Å². The Balaban J connectivity index is 0.000000195. The molecular formula is C46H54Cl2SiZr. The number of hydrogen-bond acceptors (Lipinski definition) is 0. The van der Waals surface area contributed by atoms with Crippen LogP contribution in [0.1, 0.15) is 107 Å². The Morgan fingerprint density at radius 2 is 1.18 bits per heavy atom. The average molecular weight is 797 g/mol. The van der Waals surface area contributed by atoms with Crippen molar-refractivity contribution in [2.24, 2.45) is 0 Å². The van der Waals surface area contributed by atoms with Gasteiger partial charge in [0.25, 0.3) is 0 Å². The van der Waals surface area contributed by atoms with Crippen molar-refractivity contribution in [3.8, 4) is 22.3 Å². The van der Waals surface area contributed by atoms with Gasteiger partial charge in [-0.1, -0.05) is 132 Å². The number of rotatable bonds is 7. The fourth-order valence-corrected chi connectivity index (χ4v) is 7.03. The van der Waals surface area contributed by atoms with E-state index in [2.05, 4.69) is 157 Å². The normalized spacial score (nSPS) is 13.2. The number of fused-ring (bicyclic) bond motifs is 2. The molecule has 0 nitrogen and oxygen atoms in total. The molecule has 0 bridgehead atoms. The summed E-state index contributed by atoms with van der Waals surface area (Å²) in [6.07, 6.45) is 7.83. The van der Waals surface area contributed by atoms with Crippen LogP contribution in [0.2, 0.25) is 13.1 Å². The standard InChI is InChI=1S/C23H25.C21H23.C2H6Si.2ClH.Zr/c1-16(2)17-10-12-19(13-11-17)22-9-5-8-20-14-21(15-23(20)22)18-6-3-4-7-18;1-4-15(3)17-9-11-18(12-10-17)20-8-6-7-19-13-16(5-2)14-21(19)20;1-3-2;;;/h5,8-16,18H,3-4,6-7H2,1-2H3;6-15H,4-5H2,1-3H3;1-2H3;2*1H;/q2*-1;;;;+4/p-2. The van der Waals surface area contributed by atoms with Gasteiger partial charge in [0.1, 0.15) is 0 Å². The molecule has 1 aliphatic carbocycles. The van der Waals surface area contributed by atoms with Crippen LogP contribution in [0.15, 0.2) is 109 Å². The Morgan fingerprint density at radius 1 is 0.700 bits per heavy atom. The molecule has 0 N–H and O–H groups in total. The fourth-order valence-electron chi connectivity index (χ4n) is 7.03. The van der Waals surface area contributed by atoms with Crippen molar-refractivity contribution < 1.29 is 20.8 Å². The topological polar surface area (TPSA) is 0 Å². The number of aryl methyl sites for hydroxylation is 1. The van der Waals surface area contributed by atoms with E-state index >= 15 is 0 Å². The van der Waals surface area contributed by atoms with Crippen LogP contribution >= 0.6 is 17.0 Å². The molecule has 1 unspecified atom stereocenters. The third-order valence-electron chi connectivity index (χ3n) is 10.1. The van der Waals surface area contributed by atoms with Crippen molar-refractivity contribution in [3.63, 3.8) is 0 Å². The molecular weight excluding hydrogens is 743 g/mol. The number of benzene rings is 4. The van der Waals surface area contributed by atoms with Crippen molar-refractivity contribution in [1.29, 1.82) is 0 Å². The van der Waals surface area contributed by atoms with Gasteiger partial charge < -0.3 is 0 Å². The minimum absolute atomic E-state index is 0.590. The van der Waals surface area contributed by atoms with Crippen LogP contribution < -0.4 is 0 Å². The first-order chi connectivity index (χ1) is 24.3. The Hall–Kier alpha value is -2.22. The number of halogens is 2. The summed E-state index contributed by atoms with van der Waals surface area (Å²) in [5, 5.41) is 5.56. The summed E-state index contributed by atoms with van der Waals surface area (Å²) in [4.78, 5) is 0. The second kappa shape index (κ2) is 20.7. The van der Waals surface area contributed by atoms with Gasteiger partial charge in [-0.05, 0) is 65.7 Å². The number of hydrogen-bond donors (Lipinski definition) is 0. The quantitative estimate of drug-likeness (QED) is 0.111. The molecule has 50 heavy (non-hydrogen) atoms. The van der Waals surface area contributed by atoms with E-state index in [0.717, 1.165) is 21.9 Å². The summed E-state index contributed by atoms with van der Waals surface area (Å²) in [6.45, 7) is 15.6. The summed E-state index contributed by atoms with van der Waals surface area (Å²) in [5.74, 6) is 2.02. The van der Waals surface area contributed by atoms with E-state index in [1.54, 1.807) is 5.56 Å². The van der Waals surface area contributed by atoms with E-state index in [1.807, 2.05) is 0 Å². The van der Waals surface area contributed by atoms with Crippen molar-refractivity contribution in [2.75, 3.05) is 0 Å². The van der Waals surface area contributed by atoms with Gasteiger partial charge in [0.05, 0.1) is 0 Å². The van der Waals surface area contributed by atoms with Gasteiger partial charge in [0.15, 0.2) is 0 Å². The average Bonchev–Trinajstić information content (AvgIpc) is 3.92. The molecule has 1 aliphatic rings. The molecule has 6 aromatic carbocycles. The first kappa shape index (κ1) is 40.5. The molecule has 1 fully saturated rings. The zero-order chi connectivity index (χ0) is 36.0. The molecule has 1 atom stereocenters. The third-order valence-corrected chi connectivity index (χ3v) is 10.1. The molecule has 7 rings (SSSR count). The van der Waals surface area contributed by atoms with E-state index in [1.165, 1.54) is 92.6 Å². The SMILES string of the molecule is CC(C)c1ccc(-c2cccc3[cH-]c(C4CCCC4)cc23)cc1.CCc1cc2c(-c3ccc(C(C)CC)cc3)cccc2[cH-]1.C[Si]C.[Cl][Zr+2][Cl]. The molecule has 0 spiro atoms. The van der Waals surface area contributed by atoms with Crippen LogP contribution in [0.5, 0.6) is 0 Å². The van der Waals surface area contributed by atoms with Gasteiger partial charge in [0.2, 0.25) is 0 Å². The molecule has 0 aliphatic heterocycles. The van der Waals surface area contributed by atoms with E-state index < -0.39 is 20.8 Å². The third kappa shape index (κ3) is 10.7. The van der Waals surface area contributed by atoms with Crippen molar-refractivity contribution >= 4 is 48.1 Å². The Kier molecular flexibility index (Phi) is 16.8. The van der Waals surface area contributed by atoms with Crippen LogP contribution in [-0.2, 0) is 27.3 Å². The van der Waals surface area contributed by atoms with Gasteiger partial charge in [-0.3, -0.25) is 0 Å². The van der Waals surface area contributed by atoms with Crippen LogP contribution in [0, 0.1) is 0 Å². The van der Waals surface area contributed by atoms with Crippen molar-refractivity contribution in [1.82, 2.24) is 0 Å². The van der Waals surface area contributed by atoms with Crippen molar-refractivity contribution in [3.05, 3.63) is 131 Å². The van der Waals surface area contributed by atoms with Gasteiger partial charge in [-0.25, -0.2) is 0 Å². The van der Waals surface area contributed by atoms with Gasteiger partial charge in [-0.2, -0.15) is 12.1 Å². The predicted molar refractivity (Wildman–Crippen MR) is 223 cm³/mol. The summed E-state index contributed by atoms with van der Waals surface area (Å²) < 4.78 is 0. The van der Waals surface area contributed by atoms with Gasteiger partial charge >= 0.3 is 37.9 Å². The summed E-state index contributed by atoms with van der Waals surface area (Å²) in [5.41, 5.74) is 11.2.